The van der Waals surface area contributed by atoms with Crippen LogP contribution in [0.4, 0.5) is 0 Å². The zero-order chi connectivity index (χ0) is 20.7. The number of hydrogen-bond acceptors (Lipinski definition) is 5. The van der Waals surface area contributed by atoms with Crippen LogP contribution in [0.5, 0.6) is 0 Å². The summed E-state index contributed by atoms with van der Waals surface area (Å²) in [4.78, 5) is 39.7. The molecule has 1 atom stereocenters. The fraction of sp³-hybridized carbons (Fsp3) is 0.429. The highest BCUT2D eigenvalue weighted by Crippen LogP contribution is 2.33. The number of thiophene rings is 1. The molecule has 1 unspecified atom stereocenters. The first-order valence-corrected chi connectivity index (χ1v) is 10.7. The van der Waals surface area contributed by atoms with Crippen LogP contribution in [0, 0.1) is 12.8 Å². The Labute approximate surface area is 172 Å². The second-order valence-corrected chi connectivity index (χ2v) is 8.62. The number of nitrogens with two attached hydrogens (primary N) is 1. The van der Waals surface area contributed by atoms with E-state index >= 15 is 0 Å². The van der Waals surface area contributed by atoms with Gasteiger partial charge in [-0.3, -0.25) is 14.4 Å². The lowest BCUT2D eigenvalue weighted by Gasteiger charge is -2.33. The van der Waals surface area contributed by atoms with Gasteiger partial charge in [0.1, 0.15) is 6.04 Å². The summed E-state index contributed by atoms with van der Waals surface area (Å²) in [5, 5.41) is 6.06. The molecule has 0 spiro atoms. The maximum absolute atomic E-state index is 13.4. The maximum Gasteiger partial charge on any atom is 0.276 e. The Balaban J connectivity index is 1.73. The van der Waals surface area contributed by atoms with Crippen LogP contribution in [0.1, 0.15) is 37.9 Å². The van der Waals surface area contributed by atoms with Gasteiger partial charge in [0, 0.05) is 29.1 Å². The van der Waals surface area contributed by atoms with Gasteiger partial charge in [0.25, 0.3) is 5.56 Å². The SMILES string of the molecule is CCC(C(=O)N1CCC(C(N)=O)CC1)n1nc(C)c2sc3ccccc3c2c1=O. The molecular formula is C21H24N4O3S. The van der Waals surface area contributed by atoms with Crippen molar-refractivity contribution in [3.63, 3.8) is 0 Å². The van der Waals surface area contributed by atoms with Gasteiger partial charge in [-0.05, 0) is 32.3 Å². The molecule has 0 aliphatic carbocycles. The third-order valence-electron chi connectivity index (χ3n) is 5.78. The van der Waals surface area contributed by atoms with Crippen molar-refractivity contribution in [2.24, 2.45) is 11.7 Å². The van der Waals surface area contributed by atoms with Crippen LogP contribution in [0.15, 0.2) is 29.1 Å². The van der Waals surface area contributed by atoms with Crippen LogP contribution in [0.25, 0.3) is 20.2 Å². The standard InChI is InChI=1S/C21H24N4O3S/c1-3-15(20(27)24-10-8-13(9-11-24)19(22)26)25-21(28)17-14-6-4-5-7-16(14)29-18(17)12(2)23-25/h4-7,13,15H,3,8-11H2,1-2H3,(H2,22,26). The Hall–Kier alpha value is -2.74. The Bertz CT molecular complexity index is 1160. The number of carbonyl (C=O) groups is 2. The molecule has 29 heavy (non-hydrogen) atoms. The van der Waals surface area contributed by atoms with E-state index in [-0.39, 0.29) is 23.3 Å². The van der Waals surface area contributed by atoms with Crippen LogP contribution < -0.4 is 11.3 Å². The summed E-state index contributed by atoms with van der Waals surface area (Å²) >= 11 is 1.55. The zero-order valence-corrected chi connectivity index (χ0v) is 17.4. The molecule has 3 aromatic rings. The van der Waals surface area contributed by atoms with E-state index in [9.17, 15) is 14.4 Å². The molecule has 1 aromatic carbocycles. The van der Waals surface area contributed by atoms with Crippen molar-refractivity contribution in [1.82, 2.24) is 14.7 Å². The molecule has 1 aliphatic rings. The number of aryl methyl sites for hydroxylation is 1. The van der Waals surface area contributed by atoms with E-state index in [2.05, 4.69) is 5.10 Å². The molecule has 0 radical (unpaired) electrons. The lowest BCUT2D eigenvalue weighted by molar-refractivity contribution is -0.138. The molecule has 1 saturated heterocycles. The van der Waals surface area contributed by atoms with Gasteiger partial charge in [0.15, 0.2) is 0 Å². The molecule has 7 nitrogen and oxygen atoms in total. The predicted molar refractivity (Wildman–Crippen MR) is 114 cm³/mol. The monoisotopic (exact) mass is 412 g/mol. The summed E-state index contributed by atoms with van der Waals surface area (Å²) in [5.74, 6) is -0.619. The van der Waals surface area contributed by atoms with E-state index in [0.29, 0.717) is 37.7 Å². The minimum Gasteiger partial charge on any atom is -0.369 e. The van der Waals surface area contributed by atoms with Gasteiger partial charge < -0.3 is 10.6 Å². The molecule has 0 bridgehead atoms. The van der Waals surface area contributed by atoms with Gasteiger partial charge >= 0.3 is 0 Å². The number of rotatable bonds is 4. The zero-order valence-electron chi connectivity index (χ0n) is 16.6. The number of carbonyl (C=O) groups excluding carboxylic acids is 2. The van der Waals surface area contributed by atoms with Gasteiger partial charge in [0.05, 0.1) is 15.8 Å². The van der Waals surface area contributed by atoms with Crippen molar-refractivity contribution in [2.75, 3.05) is 13.1 Å². The number of fused-ring (bicyclic) bond motifs is 3. The lowest BCUT2D eigenvalue weighted by atomic mass is 9.95. The number of hydrogen-bond donors (Lipinski definition) is 1. The average molecular weight is 413 g/mol. The summed E-state index contributed by atoms with van der Waals surface area (Å²) in [6.07, 6.45) is 1.59. The normalized spacial score (nSPS) is 16.4. The van der Waals surface area contributed by atoms with Crippen molar-refractivity contribution in [2.45, 2.75) is 39.2 Å². The van der Waals surface area contributed by atoms with E-state index in [0.717, 1.165) is 20.5 Å². The molecule has 2 aromatic heterocycles. The first-order valence-electron chi connectivity index (χ1n) is 9.91. The summed E-state index contributed by atoms with van der Waals surface area (Å²) in [7, 11) is 0. The van der Waals surface area contributed by atoms with Gasteiger partial charge in [-0.15, -0.1) is 11.3 Å². The average Bonchev–Trinajstić information content (AvgIpc) is 3.12. The van der Waals surface area contributed by atoms with Crippen molar-refractivity contribution < 1.29 is 9.59 Å². The number of nitrogens with zero attached hydrogens (tertiary/aromatic N) is 3. The second kappa shape index (κ2) is 7.59. The number of benzene rings is 1. The van der Waals surface area contributed by atoms with Crippen LogP contribution in [0.2, 0.25) is 0 Å². The van der Waals surface area contributed by atoms with Gasteiger partial charge in [-0.2, -0.15) is 5.10 Å². The highest BCUT2D eigenvalue weighted by molar-refractivity contribution is 7.26. The minimum absolute atomic E-state index is 0.122. The fourth-order valence-electron chi connectivity index (χ4n) is 4.14. The second-order valence-electron chi connectivity index (χ2n) is 7.56. The van der Waals surface area contributed by atoms with E-state index < -0.39 is 6.04 Å². The molecule has 2 amide bonds. The topological polar surface area (TPSA) is 98.3 Å². The molecule has 8 heteroatoms. The van der Waals surface area contributed by atoms with Crippen molar-refractivity contribution in [3.8, 4) is 0 Å². The Morgan fingerprint density at radius 2 is 1.97 bits per heavy atom. The molecule has 152 valence electrons. The van der Waals surface area contributed by atoms with Crippen LogP contribution >= 0.6 is 11.3 Å². The quantitative estimate of drug-likeness (QED) is 0.712. The number of amides is 2. The number of aromatic nitrogens is 2. The molecular weight excluding hydrogens is 388 g/mol. The van der Waals surface area contributed by atoms with E-state index in [4.69, 9.17) is 5.73 Å². The van der Waals surface area contributed by atoms with E-state index in [1.165, 1.54) is 4.68 Å². The Kier molecular flexibility index (Phi) is 5.12. The first kappa shape index (κ1) is 19.6. The van der Waals surface area contributed by atoms with Crippen molar-refractivity contribution in [1.29, 1.82) is 0 Å². The van der Waals surface area contributed by atoms with Crippen molar-refractivity contribution >= 4 is 43.3 Å². The van der Waals surface area contributed by atoms with Gasteiger partial charge in [-0.25, -0.2) is 4.68 Å². The molecule has 1 fully saturated rings. The predicted octanol–water partition coefficient (Wildman–Crippen LogP) is 2.59. The minimum atomic E-state index is -0.658. The highest BCUT2D eigenvalue weighted by atomic mass is 32.1. The largest absolute Gasteiger partial charge is 0.369 e. The van der Waals surface area contributed by atoms with Crippen LogP contribution in [-0.4, -0.2) is 39.6 Å². The summed E-state index contributed by atoms with van der Waals surface area (Å²) in [6, 6.07) is 7.15. The Morgan fingerprint density at radius 1 is 1.28 bits per heavy atom. The number of piperidine rings is 1. The highest BCUT2D eigenvalue weighted by Gasteiger charge is 2.31. The molecule has 3 heterocycles. The summed E-state index contributed by atoms with van der Waals surface area (Å²) in [5.41, 5.74) is 5.92. The third kappa shape index (κ3) is 3.31. The fourth-order valence-corrected chi connectivity index (χ4v) is 5.27. The number of primary amides is 1. The lowest BCUT2D eigenvalue weighted by Crippen LogP contribution is -2.46. The number of likely N-dealkylation sites (tertiary alicyclic amines) is 1. The van der Waals surface area contributed by atoms with Gasteiger partial charge in [0.2, 0.25) is 11.8 Å². The molecule has 0 saturated carbocycles. The maximum atomic E-state index is 13.4. The van der Waals surface area contributed by atoms with Crippen LogP contribution in [-0.2, 0) is 9.59 Å². The van der Waals surface area contributed by atoms with Crippen LogP contribution in [0.3, 0.4) is 0 Å². The molecule has 2 N–H and O–H groups in total. The van der Waals surface area contributed by atoms with Gasteiger partial charge in [-0.1, -0.05) is 25.1 Å². The van der Waals surface area contributed by atoms with E-state index in [1.54, 1.807) is 16.2 Å². The van der Waals surface area contributed by atoms with Crippen molar-refractivity contribution in [3.05, 3.63) is 40.3 Å². The van der Waals surface area contributed by atoms with E-state index in [1.807, 2.05) is 38.1 Å². The summed E-state index contributed by atoms with van der Waals surface area (Å²) < 4.78 is 3.27. The first-order chi connectivity index (χ1) is 13.9. The smallest absolute Gasteiger partial charge is 0.276 e. The third-order valence-corrected chi connectivity index (χ3v) is 7.06. The summed E-state index contributed by atoms with van der Waals surface area (Å²) in [6.45, 7) is 4.71. The Morgan fingerprint density at radius 3 is 2.62 bits per heavy atom. The molecule has 1 aliphatic heterocycles. The molecule has 4 rings (SSSR count).